The van der Waals surface area contributed by atoms with Gasteiger partial charge in [0.1, 0.15) is 11.2 Å². The number of hydrogen-bond acceptors (Lipinski definition) is 1. The van der Waals surface area contributed by atoms with Crippen LogP contribution in [0.4, 0.5) is 0 Å². The second kappa shape index (κ2) is 12.5. The average Bonchev–Trinajstić information content (AvgIpc) is 3.49. The van der Waals surface area contributed by atoms with Crippen molar-refractivity contribution < 1.29 is 34.6 Å². The monoisotopic (exact) mass is 748 g/mol. The zero-order valence-corrected chi connectivity index (χ0v) is 29.2. The Balaban J connectivity index is 1.16. The predicted octanol–water partition coefficient (Wildman–Crippen LogP) is 14.8. The fourth-order valence-electron chi connectivity index (χ4n) is 7.44. The first-order chi connectivity index (χ1) is 37.4. The summed E-state index contributed by atoms with van der Waals surface area (Å²) in [5.74, 6) is 0. The summed E-state index contributed by atoms with van der Waals surface area (Å²) in [7, 11) is 0. The third-order valence-corrected chi connectivity index (χ3v) is 9.99. The molecule has 3 nitrogen and oxygen atoms in total. The van der Waals surface area contributed by atoms with Crippen molar-refractivity contribution in [1.29, 1.82) is 0 Å². The van der Waals surface area contributed by atoms with E-state index in [2.05, 4.69) is 0 Å². The van der Waals surface area contributed by atoms with E-state index in [0.29, 0.717) is 5.69 Å². The van der Waals surface area contributed by atoms with Crippen molar-refractivity contribution in [3.63, 3.8) is 0 Å². The lowest BCUT2D eigenvalue weighted by Crippen LogP contribution is -1.93. The summed E-state index contributed by atoms with van der Waals surface area (Å²) in [5, 5.41) is -0.882. The summed E-state index contributed by atoms with van der Waals surface area (Å²) in [6.07, 6.45) is 0. The maximum atomic E-state index is 10.0. The number of furan rings is 1. The first kappa shape index (κ1) is 17.0. The molecule has 0 N–H and O–H groups in total. The zero-order valence-electron chi connectivity index (χ0n) is 51.2. The molecule has 266 valence electrons. The van der Waals surface area contributed by atoms with Crippen LogP contribution in [-0.4, -0.2) is 9.13 Å². The van der Waals surface area contributed by atoms with Gasteiger partial charge in [-0.05, 0) is 99.9 Å². The zero-order chi connectivity index (χ0) is 56.6. The average molecular weight is 749 g/mol. The fraction of sp³-hybridized carbons (Fsp3) is 0. The molecular weight excluding hydrogens is 693 g/mol. The molecular formula is C54H34N2O. The van der Waals surface area contributed by atoms with Crippen molar-refractivity contribution in [1.82, 2.24) is 9.13 Å². The molecule has 3 heterocycles. The summed E-state index contributed by atoms with van der Waals surface area (Å²) in [4.78, 5) is 0. The predicted molar refractivity (Wildman–Crippen MR) is 239 cm³/mol. The molecule has 3 heteroatoms. The minimum absolute atomic E-state index is 0.00363. The third-order valence-electron chi connectivity index (χ3n) is 9.99. The normalized spacial score (nSPS) is 17.3. The lowest BCUT2D eigenvalue weighted by atomic mass is 9.98. The smallest absolute Gasteiger partial charge is 0.137 e. The largest absolute Gasteiger partial charge is 0.456 e. The Kier molecular flexibility index (Phi) is 3.72. The van der Waals surface area contributed by atoms with Crippen molar-refractivity contribution in [3.05, 3.63) is 206 Å². The Labute approximate surface area is 359 Å². The van der Waals surface area contributed by atoms with Crippen LogP contribution < -0.4 is 0 Å². The molecule has 12 aromatic rings. The van der Waals surface area contributed by atoms with E-state index in [9.17, 15) is 13.7 Å². The number of fused-ring (bicyclic) bond motifs is 9. The van der Waals surface area contributed by atoms with Crippen molar-refractivity contribution >= 4 is 65.6 Å². The minimum atomic E-state index is -0.768. The van der Waals surface area contributed by atoms with E-state index >= 15 is 0 Å². The lowest BCUT2D eigenvalue weighted by molar-refractivity contribution is 0.669. The Bertz CT molecular complexity index is 4790. The van der Waals surface area contributed by atoms with E-state index in [0.717, 1.165) is 10.6 Å². The molecule has 57 heavy (non-hydrogen) atoms. The molecule has 0 aliphatic heterocycles. The van der Waals surface area contributed by atoms with Crippen LogP contribution in [0.3, 0.4) is 0 Å². The maximum Gasteiger partial charge on any atom is 0.137 e. The molecule has 0 amide bonds. The van der Waals surface area contributed by atoms with Gasteiger partial charge in [0.05, 0.1) is 52.2 Å². The van der Waals surface area contributed by atoms with Gasteiger partial charge in [0, 0.05) is 49.7 Å². The highest BCUT2D eigenvalue weighted by molar-refractivity contribution is 6.17. The molecule has 0 fully saturated rings. The van der Waals surface area contributed by atoms with Crippen molar-refractivity contribution in [2.75, 3.05) is 0 Å². The van der Waals surface area contributed by atoms with Crippen molar-refractivity contribution in [2.45, 2.75) is 0 Å². The highest BCUT2D eigenvalue weighted by atomic mass is 16.3. The molecule has 12 rings (SSSR count). The van der Waals surface area contributed by atoms with E-state index in [4.69, 9.17) is 20.9 Å². The van der Waals surface area contributed by atoms with Crippen LogP contribution >= 0.6 is 0 Å². The maximum absolute atomic E-state index is 10.0. The van der Waals surface area contributed by atoms with Crippen LogP contribution in [0.1, 0.15) is 30.2 Å². The van der Waals surface area contributed by atoms with Gasteiger partial charge in [-0.1, -0.05) is 133 Å². The van der Waals surface area contributed by atoms with Gasteiger partial charge in [-0.25, -0.2) is 0 Å². The first-order valence-corrected chi connectivity index (χ1v) is 17.7. The van der Waals surface area contributed by atoms with Gasteiger partial charge in [-0.15, -0.1) is 0 Å². The fourth-order valence-corrected chi connectivity index (χ4v) is 7.44. The molecule has 3 aromatic heterocycles. The van der Waals surface area contributed by atoms with Crippen LogP contribution in [0.25, 0.3) is 110 Å². The first-order valence-electron chi connectivity index (χ1n) is 28.7. The highest BCUT2D eigenvalue weighted by Gasteiger charge is 2.19. The Hall–Kier alpha value is -7.62. The van der Waals surface area contributed by atoms with Crippen molar-refractivity contribution in [2.24, 2.45) is 0 Å². The minimum Gasteiger partial charge on any atom is -0.456 e. The van der Waals surface area contributed by atoms with Crippen LogP contribution in [0.5, 0.6) is 0 Å². The number of hydrogen-bond donors (Lipinski definition) is 0. The molecule has 0 saturated heterocycles. The third kappa shape index (κ3) is 4.92. The van der Waals surface area contributed by atoms with Crippen molar-refractivity contribution in [3.8, 4) is 44.8 Å². The van der Waals surface area contributed by atoms with E-state index in [1.54, 1.807) is 30.3 Å². The second-order valence-corrected chi connectivity index (χ2v) is 13.2. The van der Waals surface area contributed by atoms with E-state index < -0.39 is 113 Å². The summed E-state index contributed by atoms with van der Waals surface area (Å²) in [6, 6.07) is 5.93. The number of para-hydroxylation sites is 3. The SMILES string of the molecule is [2H]c1cc([2H])cc(-c2c([2H])cc(-c3c([2H])c([2H])c4c(oc5c([2H])c(-n6c7cc([2H])c(-c8cc([2H])c([2H])c9c8c8cc([2H])c([2H])c([2H])c8n9-c8ccccc8)c([2H])c7c7c([2H])c([2H])c([2H])c([2H])c76)c([2H])c([2H])c54)c3[2H])c([2H])c2[2H])c1. The Morgan fingerprint density at radius 2 is 1.07 bits per heavy atom. The molecule has 0 aliphatic rings. The Morgan fingerprint density at radius 1 is 0.351 bits per heavy atom. The highest BCUT2D eigenvalue weighted by Crippen LogP contribution is 2.42. The van der Waals surface area contributed by atoms with E-state index in [-0.39, 0.29) is 124 Å². The molecule has 0 spiro atoms. The van der Waals surface area contributed by atoms with Gasteiger partial charge in [-0.3, -0.25) is 0 Å². The molecule has 0 radical (unpaired) electrons. The summed E-state index contributed by atoms with van der Waals surface area (Å²) in [5.41, 5.74) is -2.35. The van der Waals surface area contributed by atoms with Gasteiger partial charge in [0.2, 0.25) is 0 Å². The molecule has 0 saturated carbocycles. The number of aromatic nitrogens is 2. The van der Waals surface area contributed by atoms with Crippen LogP contribution in [0.15, 0.2) is 210 Å². The lowest BCUT2D eigenvalue weighted by Gasteiger charge is -2.10. The summed E-state index contributed by atoms with van der Waals surface area (Å²) < 4.78 is 209. The van der Waals surface area contributed by atoms with Gasteiger partial charge >= 0.3 is 0 Å². The van der Waals surface area contributed by atoms with Crippen LogP contribution in [0, 0.1) is 0 Å². The quantitative estimate of drug-likeness (QED) is 0.172. The topological polar surface area (TPSA) is 23.0 Å². The number of nitrogens with zero attached hydrogens (tertiary/aromatic N) is 2. The van der Waals surface area contributed by atoms with Gasteiger partial charge in [0.25, 0.3) is 0 Å². The summed E-state index contributed by atoms with van der Waals surface area (Å²) >= 11 is 0. The number of rotatable bonds is 5. The van der Waals surface area contributed by atoms with Gasteiger partial charge < -0.3 is 13.6 Å². The van der Waals surface area contributed by atoms with E-state index in [1.807, 2.05) is 0 Å². The summed E-state index contributed by atoms with van der Waals surface area (Å²) in [6.45, 7) is 0. The van der Waals surface area contributed by atoms with E-state index in [1.165, 1.54) is 41.0 Å². The standard InChI is InChI=1S/C54H34N2O/c1-3-12-35(13-4-1)36-22-24-37(25-23-36)38-26-29-44-45-30-28-41(34-53(45)57-52(44)33-38)56-48-19-9-7-16-43(48)47-32-39(27-31-50(47)56)42-18-11-21-51-54(42)46-17-8-10-20-49(46)55(51)40-14-5-2-6-15-40/h1-34H/i3D,4D,7D,8D,9D,10D,11D,16D,19D,20D,21D,22D,23D,24D,26D,27D,28D,29D,30D,32D,33D,34D. The number of benzene rings is 9. The second-order valence-electron chi connectivity index (χ2n) is 13.2. The van der Waals surface area contributed by atoms with Gasteiger partial charge in [-0.2, -0.15) is 0 Å². The van der Waals surface area contributed by atoms with Crippen LogP contribution in [0.2, 0.25) is 0 Å². The molecule has 0 unspecified atom stereocenters. The Morgan fingerprint density at radius 3 is 1.96 bits per heavy atom. The van der Waals surface area contributed by atoms with Crippen LogP contribution in [-0.2, 0) is 0 Å². The van der Waals surface area contributed by atoms with Gasteiger partial charge in [0.15, 0.2) is 0 Å². The molecule has 0 aliphatic carbocycles. The molecule has 0 atom stereocenters. The molecule has 0 bridgehead atoms. The molecule has 9 aromatic carbocycles.